The fourth-order valence-corrected chi connectivity index (χ4v) is 7.17. The van der Waals surface area contributed by atoms with Gasteiger partial charge in [-0.15, -0.1) is 11.3 Å². The molecule has 0 unspecified atom stereocenters. The summed E-state index contributed by atoms with van der Waals surface area (Å²) >= 11 is 1.00. The van der Waals surface area contributed by atoms with Crippen LogP contribution in [0.4, 0.5) is 8.78 Å². The molecule has 3 aromatic rings. The number of thiophene rings is 1. The van der Waals surface area contributed by atoms with Crippen molar-refractivity contribution in [2.75, 3.05) is 26.2 Å². The first-order valence-corrected chi connectivity index (χ1v) is 17.0. The van der Waals surface area contributed by atoms with Gasteiger partial charge in [0.15, 0.2) is 0 Å². The first-order valence-electron chi connectivity index (χ1n) is 14.6. The maximum atomic E-state index is 14.3. The fraction of sp³-hybridized carbons (Fsp3) is 0.452. The molecule has 0 radical (unpaired) electrons. The zero-order valence-corrected chi connectivity index (χ0v) is 26.8. The van der Waals surface area contributed by atoms with Crippen molar-refractivity contribution < 1.29 is 42.3 Å². The number of alkyl halides is 2. The quantitative estimate of drug-likeness (QED) is 0.307. The van der Waals surface area contributed by atoms with Crippen LogP contribution in [-0.2, 0) is 24.6 Å². The van der Waals surface area contributed by atoms with Gasteiger partial charge >= 0.3 is 13.3 Å². The number of nitrogens with zero attached hydrogens (tertiary/aromatic N) is 2. The van der Waals surface area contributed by atoms with Crippen LogP contribution in [0.25, 0.3) is 10.1 Å². The van der Waals surface area contributed by atoms with Crippen molar-refractivity contribution in [3.63, 3.8) is 0 Å². The van der Waals surface area contributed by atoms with Crippen LogP contribution >= 0.6 is 18.9 Å². The highest BCUT2D eigenvalue weighted by Crippen LogP contribution is 2.59. The highest BCUT2D eigenvalue weighted by atomic mass is 32.1. The van der Waals surface area contributed by atoms with Gasteiger partial charge in [0.2, 0.25) is 11.8 Å². The number of carbonyl (C=O) groups is 3. The van der Waals surface area contributed by atoms with Gasteiger partial charge in [0.1, 0.15) is 18.2 Å². The molecule has 1 aromatic heterocycles. The van der Waals surface area contributed by atoms with E-state index in [4.69, 9.17) is 14.5 Å². The first kappa shape index (κ1) is 33.2. The van der Waals surface area contributed by atoms with Gasteiger partial charge in [-0.25, -0.2) is 0 Å². The van der Waals surface area contributed by atoms with Crippen LogP contribution in [0.1, 0.15) is 60.5 Å². The van der Waals surface area contributed by atoms with Crippen molar-refractivity contribution >= 4 is 46.7 Å². The Morgan fingerprint density at radius 1 is 1.07 bits per heavy atom. The molecule has 3 amide bonds. The number of halogens is 2. The molecule has 2 fully saturated rings. The first-order chi connectivity index (χ1) is 21.1. The number of hydrogen-bond acceptors (Lipinski definition) is 6. The second kappa shape index (κ2) is 12.5. The lowest BCUT2D eigenvalue weighted by atomic mass is 9.85. The van der Waals surface area contributed by atoms with E-state index in [1.807, 2.05) is 30.3 Å². The summed E-state index contributed by atoms with van der Waals surface area (Å²) in [5, 5.41) is 3.02. The number of rotatable bonds is 7. The zero-order valence-electron chi connectivity index (χ0n) is 25.1. The molecule has 0 bridgehead atoms. The van der Waals surface area contributed by atoms with Gasteiger partial charge in [-0.2, -0.15) is 8.78 Å². The number of fused-ring (bicyclic) bond motifs is 1. The number of ether oxygens (including phenoxy) is 1. The molecular weight excluding hydrogens is 627 g/mol. The van der Waals surface area contributed by atoms with E-state index >= 15 is 0 Å². The normalized spacial score (nSPS) is 20.3. The topological polar surface area (TPSA) is 136 Å². The maximum Gasteiger partial charge on any atom is 0.399 e. The number of carbonyl (C=O) groups excluding carboxylic acids is 3. The Hall–Kier alpha value is -3.22. The Morgan fingerprint density at radius 2 is 1.78 bits per heavy atom. The Labute approximate surface area is 263 Å². The Morgan fingerprint density at radius 3 is 2.44 bits per heavy atom. The number of nitrogens with one attached hydrogen (secondary N) is 1. The summed E-state index contributed by atoms with van der Waals surface area (Å²) in [7, 11) is -5.76. The van der Waals surface area contributed by atoms with Crippen LogP contribution in [-0.4, -0.2) is 75.6 Å². The lowest BCUT2D eigenvalue weighted by molar-refractivity contribution is -0.150. The second-order valence-electron chi connectivity index (χ2n) is 12.5. The summed E-state index contributed by atoms with van der Waals surface area (Å²) in [6.07, 6.45) is 0.870. The van der Waals surface area contributed by atoms with E-state index in [0.29, 0.717) is 43.8 Å². The van der Waals surface area contributed by atoms with Crippen molar-refractivity contribution in [2.45, 2.75) is 57.5 Å². The summed E-state index contributed by atoms with van der Waals surface area (Å²) in [5.74, 6) is -1.14. The van der Waals surface area contributed by atoms with Crippen LogP contribution in [0.2, 0.25) is 0 Å². The summed E-state index contributed by atoms with van der Waals surface area (Å²) in [5.41, 5.74) is -5.02. The number of likely N-dealkylation sites (tertiary alicyclic amines) is 1. The van der Waals surface area contributed by atoms with E-state index < -0.39 is 42.2 Å². The Balaban J connectivity index is 1.32. The molecule has 2 aromatic carbocycles. The minimum atomic E-state index is -5.76. The average molecular weight is 664 g/mol. The third kappa shape index (κ3) is 6.83. The summed E-state index contributed by atoms with van der Waals surface area (Å²) < 4.78 is 46.3. The Bertz CT molecular complexity index is 1640. The molecule has 5 rings (SSSR count). The summed E-state index contributed by atoms with van der Waals surface area (Å²) in [6.45, 7) is 6.93. The molecule has 0 saturated carbocycles. The van der Waals surface area contributed by atoms with Crippen LogP contribution in [0.15, 0.2) is 54.6 Å². The van der Waals surface area contributed by atoms with E-state index in [1.54, 1.807) is 30.6 Å². The third-order valence-electron chi connectivity index (χ3n) is 8.21. The lowest BCUT2D eigenvalue weighted by Gasteiger charge is -2.38. The van der Waals surface area contributed by atoms with E-state index in [1.165, 1.54) is 12.1 Å². The summed E-state index contributed by atoms with van der Waals surface area (Å²) in [4.78, 5) is 62.8. The average Bonchev–Trinajstić information content (AvgIpc) is 3.66. The fourth-order valence-electron chi connectivity index (χ4n) is 5.74. The maximum absolute atomic E-state index is 14.3. The van der Waals surface area contributed by atoms with Gasteiger partial charge in [0.25, 0.3) is 5.91 Å². The molecule has 0 spiro atoms. The van der Waals surface area contributed by atoms with E-state index in [0.717, 1.165) is 29.0 Å². The summed E-state index contributed by atoms with van der Waals surface area (Å²) in [6, 6.07) is 12.5. The van der Waals surface area contributed by atoms with Crippen molar-refractivity contribution in [2.24, 2.45) is 5.41 Å². The molecule has 3 N–H and O–H groups in total. The van der Waals surface area contributed by atoms with Crippen LogP contribution in [0.3, 0.4) is 0 Å². The molecule has 3 heterocycles. The number of hydrogen-bond donors (Lipinski definition) is 3. The van der Waals surface area contributed by atoms with Crippen LogP contribution in [0, 0.1) is 5.41 Å². The largest absolute Gasteiger partial charge is 0.399 e. The molecule has 10 nitrogen and oxygen atoms in total. The number of amides is 3. The van der Waals surface area contributed by atoms with E-state index in [-0.39, 0.29) is 28.2 Å². The SMILES string of the molecule is CC(C)(C)[C@H](NC(=O)c1cc2cc(C(F)(F)P(=O)(O)O)ccc2s1)C(=O)N1CCC[C@H]1C(=O)N1CCO[C@@H](c2ccccc2)C1. The zero-order chi connectivity index (χ0) is 32.7. The highest BCUT2D eigenvalue weighted by Gasteiger charge is 2.50. The van der Waals surface area contributed by atoms with Crippen molar-refractivity contribution in [3.05, 3.63) is 70.6 Å². The standard InChI is InChI=1S/C31H36F2N3O7PS/c1-30(2,3)26(34-27(37)25-17-20-16-21(11-12-24(20)45-25)31(32,33)44(40,41)42)29(39)36-13-7-10-22(36)28(38)35-14-15-43-23(18-35)19-8-5-4-6-9-19/h4-6,8-9,11-12,16-17,22-23,26H,7,10,13-15,18H2,1-3H3,(H,34,37)(H2,40,41,42)/t22-,23+,26+/m0/s1. The van der Waals surface area contributed by atoms with Crippen LogP contribution < -0.4 is 5.32 Å². The number of morpholine rings is 1. The molecule has 2 aliphatic rings. The van der Waals surface area contributed by atoms with Crippen LogP contribution in [0.5, 0.6) is 0 Å². The van der Waals surface area contributed by atoms with Crippen molar-refractivity contribution in [3.8, 4) is 0 Å². The van der Waals surface area contributed by atoms with Gasteiger partial charge < -0.3 is 29.6 Å². The van der Waals surface area contributed by atoms with E-state index in [2.05, 4.69) is 5.32 Å². The second-order valence-corrected chi connectivity index (χ2v) is 15.2. The van der Waals surface area contributed by atoms with Gasteiger partial charge in [-0.05, 0) is 47.4 Å². The minimum absolute atomic E-state index is 0.137. The smallest absolute Gasteiger partial charge is 0.370 e. The molecule has 2 saturated heterocycles. The molecule has 14 heteroatoms. The molecule has 45 heavy (non-hydrogen) atoms. The van der Waals surface area contributed by atoms with Crippen molar-refractivity contribution in [1.29, 1.82) is 0 Å². The van der Waals surface area contributed by atoms with Gasteiger partial charge in [-0.3, -0.25) is 18.9 Å². The Kier molecular flexibility index (Phi) is 9.23. The lowest BCUT2D eigenvalue weighted by Crippen LogP contribution is -2.58. The van der Waals surface area contributed by atoms with E-state index in [9.17, 15) is 27.7 Å². The monoisotopic (exact) mass is 663 g/mol. The molecular formula is C31H36F2N3O7PS. The molecule has 3 atom stereocenters. The number of benzene rings is 2. The van der Waals surface area contributed by atoms with Crippen molar-refractivity contribution in [1.82, 2.24) is 15.1 Å². The highest BCUT2D eigenvalue weighted by molar-refractivity contribution is 7.52. The van der Waals surface area contributed by atoms with Gasteiger partial charge in [0.05, 0.1) is 18.0 Å². The third-order valence-corrected chi connectivity index (χ3v) is 10.3. The van der Waals surface area contributed by atoms with Gasteiger partial charge in [0, 0.05) is 23.4 Å². The molecule has 2 aliphatic heterocycles. The predicted molar refractivity (Wildman–Crippen MR) is 165 cm³/mol. The molecule has 242 valence electrons. The molecule has 0 aliphatic carbocycles. The predicted octanol–water partition coefficient (Wildman–Crippen LogP) is 4.86. The minimum Gasteiger partial charge on any atom is -0.370 e. The van der Waals surface area contributed by atoms with Gasteiger partial charge in [-0.1, -0.05) is 57.2 Å².